The Balaban J connectivity index is 1.43. The Bertz CT molecular complexity index is 971. The van der Waals surface area contributed by atoms with Crippen LogP contribution in [0.2, 0.25) is 0 Å². The first-order valence-corrected chi connectivity index (χ1v) is 11.9. The molecule has 1 saturated heterocycles. The van der Waals surface area contributed by atoms with Crippen molar-refractivity contribution < 1.29 is 18.7 Å². The topological polar surface area (TPSA) is 63.7 Å². The van der Waals surface area contributed by atoms with E-state index in [0.29, 0.717) is 49.8 Å². The fraction of sp³-hybridized carbons (Fsp3) is 0.538. The number of aromatic nitrogens is 1. The largest absolute Gasteiger partial charge is 0.487 e. The molecule has 1 aromatic carbocycles. The zero-order valence-electron chi connectivity index (χ0n) is 19.9. The quantitative estimate of drug-likeness (QED) is 0.636. The first kappa shape index (κ1) is 23.5. The normalized spacial score (nSPS) is 20.3. The highest BCUT2D eigenvalue weighted by molar-refractivity contribution is 5.92. The van der Waals surface area contributed by atoms with Crippen molar-refractivity contribution in [1.82, 2.24) is 9.88 Å². The minimum absolute atomic E-state index is 0.0202. The summed E-state index contributed by atoms with van der Waals surface area (Å²) in [5.41, 5.74) is 1.72. The van der Waals surface area contributed by atoms with Gasteiger partial charge in [-0.05, 0) is 57.5 Å². The molecule has 2 aliphatic heterocycles. The van der Waals surface area contributed by atoms with Crippen LogP contribution >= 0.6 is 0 Å². The van der Waals surface area contributed by atoms with Crippen molar-refractivity contribution in [3.8, 4) is 5.75 Å². The molecule has 1 N–H and O–H groups in total. The minimum Gasteiger partial charge on any atom is -0.487 e. The van der Waals surface area contributed by atoms with Crippen LogP contribution in [0, 0.1) is 5.82 Å². The minimum atomic E-state index is -0.418. The van der Waals surface area contributed by atoms with E-state index in [9.17, 15) is 9.18 Å². The smallest absolute Gasteiger partial charge is 0.272 e. The Hall–Kier alpha value is -2.67. The number of fused-ring (bicyclic) bond motifs is 1. The highest BCUT2D eigenvalue weighted by atomic mass is 19.1. The molecule has 0 unspecified atom stereocenters. The number of hydrogen-bond donors (Lipinski definition) is 1. The van der Waals surface area contributed by atoms with E-state index in [1.165, 1.54) is 12.1 Å². The van der Waals surface area contributed by atoms with Crippen molar-refractivity contribution >= 4 is 11.6 Å². The summed E-state index contributed by atoms with van der Waals surface area (Å²) in [7, 11) is 0. The average Bonchev–Trinajstić information content (AvgIpc) is 2.80. The van der Waals surface area contributed by atoms with Gasteiger partial charge in [0, 0.05) is 44.0 Å². The van der Waals surface area contributed by atoms with Crippen molar-refractivity contribution in [2.24, 2.45) is 0 Å². The van der Waals surface area contributed by atoms with Gasteiger partial charge in [-0.15, -0.1) is 0 Å². The molecule has 0 saturated carbocycles. The number of carbonyl (C=O) groups is 1. The molecule has 1 amide bonds. The number of pyridine rings is 1. The second-order valence-corrected chi connectivity index (χ2v) is 9.52. The van der Waals surface area contributed by atoms with E-state index in [1.54, 1.807) is 18.3 Å². The molecule has 0 aliphatic carbocycles. The molecule has 1 aromatic heterocycles. The van der Waals surface area contributed by atoms with Crippen LogP contribution in [0.5, 0.6) is 5.75 Å². The van der Waals surface area contributed by atoms with Crippen LogP contribution in [0.25, 0.3) is 0 Å². The van der Waals surface area contributed by atoms with Crippen LogP contribution < -0.4 is 10.1 Å². The van der Waals surface area contributed by atoms with Crippen LogP contribution in [0.3, 0.4) is 0 Å². The van der Waals surface area contributed by atoms with Gasteiger partial charge >= 0.3 is 0 Å². The van der Waals surface area contributed by atoms with Gasteiger partial charge in [-0.3, -0.25) is 4.79 Å². The van der Waals surface area contributed by atoms with Gasteiger partial charge in [0.05, 0.1) is 24.1 Å². The summed E-state index contributed by atoms with van der Waals surface area (Å²) in [4.78, 5) is 19.3. The highest BCUT2D eigenvalue weighted by Gasteiger charge is 2.45. The van der Waals surface area contributed by atoms with Crippen molar-refractivity contribution in [2.75, 3.05) is 18.4 Å². The maximum atomic E-state index is 13.9. The van der Waals surface area contributed by atoms with Crippen molar-refractivity contribution in [3.63, 3.8) is 0 Å². The Morgan fingerprint density at radius 3 is 2.67 bits per heavy atom. The molecule has 7 heteroatoms. The molecule has 2 aliphatic rings. The number of rotatable bonds is 6. The fourth-order valence-corrected chi connectivity index (χ4v) is 4.61. The van der Waals surface area contributed by atoms with Gasteiger partial charge in [-0.25, -0.2) is 9.37 Å². The third kappa shape index (κ3) is 5.29. The average molecular weight is 456 g/mol. The van der Waals surface area contributed by atoms with E-state index >= 15 is 0 Å². The maximum absolute atomic E-state index is 13.9. The van der Waals surface area contributed by atoms with Gasteiger partial charge in [-0.2, -0.15) is 0 Å². The van der Waals surface area contributed by atoms with E-state index in [1.807, 2.05) is 24.8 Å². The lowest BCUT2D eigenvalue weighted by molar-refractivity contribution is -0.0874. The fourth-order valence-electron chi connectivity index (χ4n) is 4.61. The summed E-state index contributed by atoms with van der Waals surface area (Å²) in [5.74, 6) is 0.330. The number of hydrogen-bond acceptors (Lipinski definition) is 5. The monoisotopic (exact) mass is 455 g/mol. The van der Waals surface area contributed by atoms with Crippen molar-refractivity contribution in [3.05, 3.63) is 53.6 Å². The molecule has 2 atom stereocenters. The lowest BCUT2D eigenvalue weighted by Crippen LogP contribution is -2.52. The zero-order chi connectivity index (χ0) is 23.6. The molecule has 6 nitrogen and oxygen atoms in total. The molecule has 2 aromatic rings. The first-order valence-electron chi connectivity index (χ1n) is 11.9. The van der Waals surface area contributed by atoms with Crippen LogP contribution in [-0.2, 0) is 4.74 Å². The first-order chi connectivity index (χ1) is 15.8. The van der Waals surface area contributed by atoms with Gasteiger partial charge in [0.2, 0.25) is 0 Å². The molecular formula is C26H34FN3O3. The molecule has 33 heavy (non-hydrogen) atoms. The third-order valence-corrected chi connectivity index (χ3v) is 6.61. The van der Waals surface area contributed by atoms with Gasteiger partial charge in [0.15, 0.2) is 0 Å². The lowest BCUT2D eigenvalue weighted by Gasteiger charge is -2.47. The molecule has 178 valence electrons. The van der Waals surface area contributed by atoms with Gasteiger partial charge in [-0.1, -0.05) is 6.92 Å². The Morgan fingerprint density at radius 2 is 2.03 bits per heavy atom. The summed E-state index contributed by atoms with van der Waals surface area (Å²) in [6.07, 6.45) is 4.57. The number of carbonyl (C=O) groups excluding carboxylic acids is 1. The van der Waals surface area contributed by atoms with E-state index < -0.39 is 5.60 Å². The van der Waals surface area contributed by atoms with Gasteiger partial charge in [0.1, 0.15) is 22.9 Å². The summed E-state index contributed by atoms with van der Waals surface area (Å²) < 4.78 is 26.4. The Kier molecular flexibility index (Phi) is 6.88. The second-order valence-electron chi connectivity index (χ2n) is 9.52. The van der Waals surface area contributed by atoms with E-state index in [-0.39, 0.29) is 23.9 Å². The zero-order valence-corrected chi connectivity index (χ0v) is 19.9. The van der Waals surface area contributed by atoms with Gasteiger partial charge in [0.25, 0.3) is 5.91 Å². The number of nitrogens with zero attached hydrogens (tertiary/aromatic N) is 2. The number of amides is 1. The molecule has 1 spiro atoms. The Labute approximate surface area is 195 Å². The number of halogens is 1. The Morgan fingerprint density at radius 1 is 1.27 bits per heavy atom. The summed E-state index contributed by atoms with van der Waals surface area (Å²) in [6, 6.07) is 8.68. The van der Waals surface area contributed by atoms with E-state index in [0.717, 1.165) is 17.7 Å². The summed E-state index contributed by atoms with van der Waals surface area (Å²) in [6.45, 7) is 9.37. The number of benzene rings is 1. The van der Waals surface area contributed by atoms with E-state index in [4.69, 9.17) is 9.47 Å². The number of ether oxygens (including phenoxy) is 2. The number of nitrogens with one attached hydrogen (secondary N) is 1. The molecule has 1 fully saturated rings. The number of piperidine rings is 1. The SMILES string of the molecule is CC[C@@H](C)Nc1ccc(C(=O)N2CCC3(CC2)C[C@@H](OC(C)C)c2cc(F)ccc2O3)nc1. The molecule has 0 radical (unpaired) electrons. The molecular weight excluding hydrogens is 421 g/mol. The third-order valence-electron chi connectivity index (χ3n) is 6.61. The molecule has 3 heterocycles. The summed E-state index contributed by atoms with van der Waals surface area (Å²) in [5, 5.41) is 3.37. The summed E-state index contributed by atoms with van der Waals surface area (Å²) >= 11 is 0. The van der Waals surface area contributed by atoms with Crippen LogP contribution in [0.15, 0.2) is 36.5 Å². The van der Waals surface area contributed by atoms with Crippen LogP contribution in [-0.4, -0.2) is 46.6 Å². The number of anilines is 1. The van der Waals surface area contributed by atoms with Crippen molar-refractivity contribution in [1.29, 1.82) is 0 Å². The van der Waals surface area contributed by atoms with Gasteiger partial charge < -0.3 is 19.7 Å². The predicted octanol–water partition coefficient (Wildman–Crippen LogP) is 5.35. The maximum Gasteiger partial charge on any atom is 0.272 e. The second kappa shape index (κ2) is 9.67. The number of likely N-dealkylation sites (tertiary alicyclic amines) is 1. The van der Waals surface area contributed by atoms with Crippen LogP contribution in [0.1, 0.15) is 75.5 Å². The van der Waals surface area contributed by atoms with E-state index in [2.05, 4.69) is 24.1 Å². The molecule has 0 bridgehead atoms. The molecule has 4 rings (SSSR count). The predicted molar refractivity (Wildman–Crippen MR) is 126 cm³/mol. The van der Waals surface area contributed by atoms with Crippen LogP contribution in [0.4, 0.5) is 10.1 Å². The van der Waals surface area contributed by atoms with Crippen molar-refractivity contribution in [2.45, 2.75) is 77.2 Å². The lowest BCUT2D eigenvalue weighted by atomic mass is 9.81. The highest BCUT2D eigenvalue weighted by Crippen LogP contribution is 2.46. The standard InChI is InChI=1S/C26H34FN3O3/c1-5-18(4)29-20-7-8-22(28-16-20)25(31)30-12-10-26(11-13-30)15-24(32-17(2)3)21-14-19(27)6-9-23(21)33-26/h6-9,14,16-18,24,29H,5,10-13,15H2,1-4H3/t18-,24-/m1/s1.